The van der Waals surface area contributed by atoms with E-state index in [0.29, 0.717) is 12.5 Å². The molecule has 1 aliphatic rings. The molecular weight excluding hydrogens is 328 g/mol. The summed E-state index contributed by atoms with van der Waals surface area (Å²) in [6.45, 7) is 6.69. The van der Waals surface area contributed by atoms with Crippen molar-refractivity contribution in [2.75, 3.05) is 18.0 Å². The van der Waals surface area contributed by atoms with E-state index in [0.717, 1.165) is 48.7 Å². The van der Waals surface area contributed by atoms with E-state index >= 15 is 0 Å². The van der Waals surface area contributed by atoms with Crippen molar-refractivity contribution in [3.8, 4) is 0 Å². The zero-order valence-corrected chi connectivity index (χ0v) is 15.2. The van der Waals surface area contributed by atoms with Gasteiger partial charge in [-0.3, -0.25) is 4.98 Å². The Morgan fingerprint density at radius 2 is 2.23 bits per heavy atom. The third-order valence-electron chi connectivity index (χ3n) is 4.77. The van der Waals surface area contributed by atoms with Gasteiger partial charge < -0.3 is 9.64 Å². The van der Waals surface area contributed by atoms with Crippen molar-refractivity contribution in [2.24, 2.45) is 0 Å². The summed E-state index contributed by atoms with van der Waals surface area (Å²) in [5.41, 5.74) is 3.91. The van der Waals surface area contributed by atoms with Gasteiger partial charge in [-0.1, -0.05) is 19.9 Å². The van der Waals surface area contributed by atoms with Crippen molar-refractivity contribution < 1.29 is 4.74 Å². The number of nitrogens with zero attached hydrogens (tertiary/aromatic N) is 6. The number of piperidine rings is 1. The van der Waals surface area contributed by atoms with Gasteiger partial charge in [0.2, 0.25) is 5.65 Å². The van der Waals surface area contributed by atoms with Crippen LogP contribution in [0.2, 0.25) is 0 Å². The number of rotatable bonds is 5. The molecule has 7 heteroatoms. The molecule has 26 heavy (non-hydrogen) atoms. The molecule has 1 fully saturated rings. The minimum absolute atomic E-state index is 0.185. The molecule has 136 valence electrons. The highest BCUT2D eigenvalue weighted by Gasteiger charge is 2.24. The summed E-state index contributed by atoms with van der Waals surface area (Å²) in [4.78, 5) is 6.69. The summed E-state index contributed by atoms with van der Waals surface area (Å²) in [5.74, 6) is 0.349. The van der Waals surface area contributed by atoms with Gasteiger partial charge in [-0.25, -0.2) is 0 Å². The number of anilines is 1. The van der Waals surface area contributed by atoms with E-state index in [2.05, 4.69) is 45.1 Å². The molecule has 4 rings (SSSR count). The highest BCUT2D eigenvalue weighted by atomic mass is 16.5. The molecule has 1 unspecified atom stereocenters. The second kappa shape index (κ2) is 7.37. The fourth-order valence-electron chi connectivity index (χ4n) is 3.32. The van der Waals surface area contributed by atoms with E-state index in [1.165, 1.54) is 0 Å². The van der Waals surface area contributed by atoms with Crippen LogP contribution in [0.4, 0.5) is 5.69 Å². The van der Waals surface area contributed by atoms with Crippen molar-refractivity contribution in [3.05, 3.63) is 48.2 Å². The Hall–Kier alpha value is -2.54. The molecule has 3 aromatic rings. The molecule has 0 spiro atoms. The number of aromatic nitrogens is 5. The molecule has 0 aliphatic carbocycles. The summed E-state index contributed by atoms with van der Waals surface area (Å²) in [6, 6.07) is 8.06. The fourth-order valence-corrected chi connectivity index (χ4v) is 3.32. The van der Waals surface area contributed by atoms with Crippen LogP contribution in [0.25, 0.3) is 5.65 Å². The van der Waals surface area contributed by atoms with Gasteiger partial charge in [0.25, 0.3) is 0 Å². The molecule has 0 bridgehead atoms. The van der Waals surface area contributed by atoms with E-state index in [9.17, 15) is 0 Å². The van der Waals surface area contributed by atoms with Crippen LogP contribution >= 0.6 is 0 Å². The van der Waals surface area contributed by atoms with Crippen LogP contribution in [0.3, 0.4) is 0 Å². The average Bonchev–Trinajstić information content (AvgIpc) is 3.15. The Kier molecular flexibility index (Phi) is 4.79. The molecule has 1 aliphatic heterocycles. The summed E-state index contributed by atoms with van der Waals surface area (Å²) >= 11 is 0. The van der Waals surface area contributed by atoms with Crippen LogP contribution < -0.4 is 4.90 Å². The average molecular weight is 352 g/mol. The second-order valence-electron chi connectivity index (χ2n) is 7.05. The number of hydrogen-bond donors (Lipinski definition) is 0. The molecule has 3 aromatic heterocycles. The summed E-state index contributed by atoms with van der Waals surface area (Å²) < 4.78 is 7.91. The Bertz CT molecular complexity index is 863. The molecule has 1 saturated heterocycles. The maximum atomic E-state index is 6.13. The van der Waals surface area contributed by atoms with Crippen LogP contribution in [-0.2, 0) is 11.3 Å². The first-order chi connectivity index (χ1) is 12.7. The maximum absolute atomic E-state index is 6.13. The molecule has 4 heterocycles. The Morgan fingerprint density at radius 3 is 3.04 bits per heavy atom. The number of hydrogen-bond acceptors (Lipinski definition) is 6. The fraction of sp³-hybridized carbons (Fsp3) is 0.474. The smallest absolute Gasteiger partial charge is 0.200 e. The Balaban J connectivity index is 1.52. The van der Waals surface area contributed by atoms with Gasteiger partial charge in [0.1, 0.15) is 6.33 Å². The van der Waals surface area contributed by atoms with Gasteiger partial charge in [0.05, 0.1) is 29.8 Å². The lowest BCUT2D eigenvalue weighted by atomic mass is 10.1. The molecule has 1 atom stereocenters. The van der Waals surface area contributed by atoms with Gasteiger partial charge in [-0.15, -0.1) is 10.2 Å². The van der Waals surface area contributed by atoms with Crippen LogP contribution in [-0.4, -0.2) is 44.0 Å². The minimum atomic E-state index is 0.185. The van der Waals surface area contributed by atoms with Gasteiger partial charge in [0.15, 0.2) is 0 Å². The van der Waals surface area contributed by atoms with Gasteiger partial charge in [0, 0.05) is 19.3 Å². The van der Waals surface area contributed by atoms with E-state index in [4.69, 9.17) is 4.74 Å². The molecule has 0 aromatic carbocycles. The van der Waals surface area contributed by atoms with Crippen molar-refractivity contribution in [3.63, 3.8) is 0 Å². The molecule has 0 amide bonds. The normalized spacial score (nSPS) is 18.0. The summed E-state index contributed by atoms with van der Waals surface area (Å²) in [6.07, 6.45) is 5.81. The SMILES string of the molecule is CC(C)c1cc(N2CCCC(OCc3ccccn3)C2)c2nncn2n1. The minimum Gasteiger partial charge on any atom is -0.370 e. The lowest BCUT2D eigenvalue weighted by Gasteiger charge is -2.34. The zero-order valence-electron chi connectivity index (χ0n) is 15.2. The topological polar surface area (TPSA) is 68.4 Å². The highest BCUT2D eigenvalue weighted by molar-refractivity contribution is 5.68. The summed E-state index contributed by atoms with van der Waals surface area (Å²) in [7, 11) is 0. The first-order valence-corrected chi connectivity index (χ1v) is 9.18. The second-order valence-corrected chi connectivity index (χ2v) is 7.05. The first kappa shape index (κ1) is 16.9. The van der Waals surface area contributed by atoms with Crippen LogP contribution in [0.15, 0.2) is 36.8 Å². The first-order valence-electron chi connectivity index (χ1n) is 9.18. The number of pyridine rings is 1. The molecule has 0 saturated carbocycles. The lowest BCUT2D eigenvalue weighted by Crippen LogP contribution is -2.40. The molecule has 0 radical (unpaired) electrons. The Morgan fingerprint density at radius 1 is 1.31 bits per heavy atom. The van der Waals surface area contributed by atoms with Gasteiger partial charge >= 0.3 is 0 Å². The third-order valence-corrected chi connectivity index (χ3v) is 4.77. The monoisotopic (exact) mass is 352 g/mol. The Labute approximate surface area is 153 Å². The lowest BCUT2D eigenvalue weighted by molar-refractivity contribution is 0.0298. The third kappa shape index (κ3) is 3.53. The quantitative estimate of drug-likeness (QED) is 0.703. The standard InChI is InChI=1S/C19H24N6O/c1-14(2)17-10-18(19-22-21-13-25(19)23-17)24-9-5-7-16(11-24)26-12-15-6-3-4-8-20-15/h3-4,6,8,10,13-14,16H,5,7,9,11-12H2,1-2H3. The summed E-state index contributed by atoms with van der Waals surface area (Å²) in [5, 5.41) is 12.9. The maximum Gasteiger partial charge on any atom is 0.200 e. The predicted molar refractivity (Wildman–Crippen MR) is 99.1 cm³/mol. The van der Waals surface area contributed by atoms with Crippen molar-refractivity contribution >= 4 is 11.3 Å². The van der Waals surface area contributed by atoms with E-state index in [1.54, 1.807) is 17.0 Å². The van der Waals surface area contributed by atoms with Crippen LogP contribution in [0.5, 0.6) is 0 Å². The van der Waals surface area contributed by atoms with E-state index < -0.39 is 0 Å². The van der Waals surface area contributed by atoms with Crippen molar-refractivity contribution in [1.82, 2.24) is 24.8 Å². The largest absolute Gasteiger partial charge is 0.370 e. The van der Waals surface area contributed by atoms with Crippen LogP contribution in [0.1, 0.15) is 44.0 Å². The van der Waals surface area contributed by atoms with Crippen molar-refractivity contribution in [2.45, 2.75) is 45.3 Å². The zero-order chi connectivity index (χ0) is 17.9. The van der Waals surface area contributed by atoms with Gasteiger partial charge in [-0.2, -0.15) is 9.61 Å². The van der Waals surface area contributed by atoms with Crippen molar-refractivity contribution in [1.29, 1.82) is 0 Å². The number of ether oxygens (including phenoxy) is 1. The number of fused-ring (bicyclic) bond motifs is 1. The van der Waals surface area contributed by atoms with Gasteiger partial charge in [-0.05, 0) is 37.0 Å². The molecule has 0 N–H and O–H groups in total. The van der Waals surface area contributed by atoms with E-state index in [1.807, 2.05) is 18.2 Å². The van der Waals surface area contributed by atoms with Crippen LogP contribution in [0, 0.1) is 0 Å². The highest BCUT2D eigenvalue weighted by Crippen LogP contribution is 2.27. The molecular formula is C19H24N6O. The predicted octanol–water partition coefficient (Wildman–Crippen LogP) is 2.83. The van der Waals surface area contributed by atoms with E-state index in [-0.39, 0.29) is 6.10 Å². The molecule has 7 nitrogen and oxygen atoms in total.